The van der Waals surface area contributed by atoms with Gasteiger partial charge in [0, 0.05) is 10.7 Å². The van der Waals surface area contributed by atoms with Gasteiger partial charge in [-0.25, -0.2) is 8.42 Å². The van der Waals surface area contributed by atoms with E-state index in [9.17, 15) is 8.42 Å². The lowest BCUT2D eigenvalue weighted by molar-refractivity contribution is 0.609. The van der Waals surface area contributed by atoms with Crippen molar-refractivity contribution >= 4 is 47.3 Å². The summed E-state index contributed by atoms with van der Waals surface area (Å²) >= 11 is 8.67. The van der Waals surface area contributed by atoms with Crippen LogP contribution in [0.4, 0.5) is 0 Å². The van der Waals surface area contributed by atoms with E-state index >= 15 is 0 Å². The third-order valence-electron chi connectivity index (χ3n) is 1.43. The summed E-state index contributed by atoms with van der Waals surface area (Å²) in [5.74, 6) is 0. The lowest BCUT2D eigenvalue weighted by Gasteiger charge is -2.03. The van der Waals surface area contributed by atoms with Crippen molar-refractivity contribution in [1.82, 2.24) is 0 Å². The van der Waals surface area contributed by atoms with E-state index in [0.717, 1.165) is 0 Å². The number of nitriles is 1. The van der Waals surface area contributed by atoms with Crippen LogP contribution in [-0.4, -0.2) is 8.42 Å². The summed E-state index contributed by atoms with van der Waals surface area (Å²) in [5.41, 5.74) is 0.183. The maximum Gasteiger partial charge on any atom is 0.262 e. The second kappa shape index (κ2) is 4.07. The number of nitrogens with zero attached hydrogens (tertiary/aromatic N) is 1. The zero-order valence-corrected chi connectivity index (χ0v) is 10.4. The number of hydrogen-bond acceptors (Lipinski definition) is 3. The Bertz CT molecular complexity index is 521. The molecule has 0 aromatic heterocycles. The van der Waals surface area contributed by atoms with E-state index in [1.807, 2.05) is 6.07 Å². The Morgan fingerprint density at radius 2 is 2.00 bits per heavy atom. The first-order valence-corrected chi connectivity index (χ1v) is 6.68. The van der Waals surface area contributed by atoms with Gasteiger partial charge in [0.1, 0.15) is 6.07 Å². The highest BCUT2D eigenvalue weighted by atomic mass is 79.9. The van der Waals surface area contributed by atoms with Crippen molar-refractivity contribution in [2.45, 2.75) is 4.90 Å². The molecular formula is C7H2BrCl2NO2S. The molecule has 0 unspecified atom stereocenters. The largest absolute Gasteiger partial charge is 0.262 e. The predicted octanol–water partition coefficient (Wildman–Crippen LogP) is 2.90. The van der Waals surface area contributed by atoms with Crippen molar-refractivity contribution in [1.29, 1.82) is 5.26 Å². The zero-order chi connectivity index (χ0) is 10.9. The minimum Gasteiger partial charge on any atom is -0.207 e. The molecule has 0 saturated heterocycles. The van der Waals surface area contributed by atoms with Crippen LogP contribution in [0.2, 0.25) is 5.02 Å². The summed E-state index contributed by atoms with van der Waals surface area (Å²) in [6.45, 7) is 0. The number of halogens is 3. The van der Waals surface area contributed by atoms with Crippen LogP contribution in [0.1, 0.15) is 5.56 Å². The van der Waals surface area contributed by atoms with Gasteiger partial charge in [-0.3, -0.25) is 0 Å². The average Bonchev–Trinajstić information content (AvgIpc) is 2.07. The molecule has 0 radical (unpaired) electrons. The molecule has 0 saturated carbocycles. The molecule has 1 aromatic rings. The topological polar surface area (TPSA) is 57.9 Å². The Morgan fingerprint density at radius 1 is 1.43 bits per heavy atom. The van der Waals surface area contributed by atoms with E-state index in [0.29, 0.717) is 0 Å². The third kappa shape index (κ3) is 2.20. The first-order chi connectivity index (χ1) is 6.38. The highest BCUT2D eigenvalue weighted by molar-refractivity contribution is 9.10. The fraction of sp³-hybridized carbons (Fsp3) is 0. The summed E-state index contributed by atoms with van der Waals surface area (Å²) in [4.78, 5) is -0.150. The van der Waals surface area contributed by atoms with Crippen LogP contribution in [0.3, 0.4) is 0 Å². The molecule has 0 spiro atoms. The summed E-state index contributed by atoms with van der Waals surface area (Å²) in [5, 5.41) is 8.64. The molecule has 0 aliphatic heterocycles. The van der Waals surface area contributed by atoms with Crippen molar-refractivity contribution in [3.05, 3.63) is 27.2 Å². The summed E-state index contributed by atoms with van der Waals surface area (Å²) < 4.78 is 22.1. The zero-order valence-electron chi connectivity index (χ0n) is 6.46. The maximum absolute atomic E-state index is 11.0. The van der Waals surface area contributed by atoms with Crippen molar-refractivity contribution in [3.63, 3.8) is 0 Å². The molecule has 0 amide bonds. The first-order valence-electron chi connectivity index (χ1n) is 3.20. The van der Waals surface area contributed by atoms with Gasteiger partial charge in [0.2, 0.25) is 0 Å². The molecule has 7 heteroatoms. The Hall–Kier alpha value is -0.280. The smallest absolute Gasteiger partial charge is 0.207 e. The van der Waals surface area contributed by atoms with Gasteiger partial charge in [-0.05, 0) is 28.1 Å². The van der Waals surface area contributed by atoms with Crippen LogP contribution in [0.15, 0.2) is 21.5 Å². The lowest BCUT2D eigenvalue weighted by Crippen LogP contribution is -1.93. The summed E-state index contributed by atoms with van der Waals surface area (Å²) in [7, 11) is 1.28. The molecule has 74 valence electrons. The van der Waals surface area contributed by atoms with Crippen molar-refractivity contribution in [3.8, 4) is 6.07 Å². The number of hydrogen-bond donors (Lipinski definition) is 0. The highest BCUT2D eigenvalue weighted by Gasteiger charge is 2.18. The Kier molecular flexibility index (Phi) is 3.43. The first kappa shape index (κ1) is 11.8. The van der Waals surface area contributed by atoms with Crippen LogP contribution >= 0.6 is 38.2 Å². The molecule has 3 nitrogen and oxygen atoms in total. The fourth-order valence-corrected chi connectivity index (χ4v) is 3.27. The van der Waals surface area contributed by atoms with E-state index in [-0.39, 0.29) is 20.0 Å². The molecule has 0 aliphatic carbocycles. The lowest BCUT2D eigenvalue weighted by atomic mass is 10.2. The van der Waals surface area contributed by atoms with Gasteiger partial charge in [0.15, 0.2) is 0 Å². The molecule has 0 N–H and O–H groups in total. The van der Waals surface area contributed by atoms with Gasteiger partial charge < -0.3 is 0 Å². The van der Waals surface area contributed by atoms with Crippen LogP contribution in [0.25, 0.3) is 0 Å². The molecule has 0 aliphatic rings. The quantitative estimate of drug-likeness (QED) is 0.749. The van der Waals surface area contributed by atoms with Crippen molar-refractivity contribution in [2.24, 2.45) is 0 Å². The van der Waals surface area contributed by atoms with E-state index in [1.54, 1.807) is 0 Å². The standard InChI is InChI=1S/C7H2BrCl2NO2S/c8-6-5(14(10,12)13)2-1-4(3-11)7(6)9/h1-2H. The van der Waals surface area contributed by atoms with Crippen molar-refractivity contribution < 1.29 is 8.42 Å². The SMILES string of the molecule is N#Cc1ccc(S(=O)(=O)Cl)c(Br)c1Cl. The van der Waals surface area contributed by atoms with E-state index in [1.165, 1.54) is 12.1 Å². The monoisotopic (exact) mass is 313 g/mol. The van der Waals surface area contributed by atoms with E-state index in [4.69, 9.17) is 27.5 Å². The maximum atomic E-state index is 11.0. The van der Waals surface area contributed by atoms with E-state index < -0.39 is 9.05 Å². The van der Waals surface area contributed by atoms with Crippen LogP contribution in [0, 0.1) is 11.3 Å². The predicted molar refractivity (Wildman–Crippen MR) is 56.9 cm³/mol. The number of benzene rings is 1. The highest BCUT2D eigenvalue weighted by Crippen LogP contribution is 2.33. The minimum atomic E-state index is -3.85. The van der Waals surface area contributed by atoms with Crippen LogP contribution < -0.4 is 0 Å². The fourth-order valence-electron chi connectivity index (χ4n) is 0.806. The Balaban J connectivity index is 3.57. The average molecular weight is 315 g/mol. The van der Waals surface area contributed by atoms with Gasteiger partial charge in [0.25, 0.3) is 9.05 Å². The molecule has 0 heterocycles. The molecule has 0 bridgehead atoms. The molecular weight excluding hydrogens is 313 g/mol. The van der Waals surface area contributed by atoms with E-state index in [2.05, 4.69) is 15.9 Å². The molecule has 14 heavy (non-hydrogen) atoms. The van der Waals surface area contributed by atoms with Crippen LogP contribution in [-0.2, 0) is 9.05 Å². The minimum absolute atomic E-state index is 0.0363. The van der Waals surface area contributed by atoms with Crippen molar-refractivity contribution in [2.75, 3.05) is 0 Å². The summed E-state index contributed by atoms with van der Waals surface area (Å²) in [6, 6.07) is 4.33. The number of rotatable bonds is 1. The Morgan fingerprint density at radius 3 is 2.43 bits per heavy atom. The van der Waals surface area contributed by atoms with Gasteiger partial charge in [-0.2, -0.15) is 5.26 Å². The molecule has 1 aromatic carbocycles. The molecule has 0 fully saturated rings. The second-order valence-electron chi connectivity index (χ2n) is 2.29. The van der Waals surface area contributed by atoms with Gasteiger partial charge in [0.05, 0.1) is 20.0 Å². The third-order valence-corrected chi connectivity index (χ3v) is 4.50. The second-order valence-corrected chi connectivity index (χ2v) is 5.99. The molecule has 1 rings (SSSR count). The van der Waals surface area contributed by atoms with Gasteiger partial charge in [-0.1, -0.05) is 11.6 Å². The summed E-state index contributed by atoms with van der Waals surface area (Å²) in [6.07, 6.45) is 0. The molecule has 0 atom stereocenters. The van der Waals surface area contributed by atoms with Crippen LogP contribution in [0.5, 0.6) is 0 Å². The Labute approximate surface area is 98.8 Å². The van der Waals surface area contributed by atoms with Gasteiger partial charge >= 0.3 is 0 Å². The van der Waals surface area contributed by atoms with Gasteiger partial charge in [-0.15, -0.1) is 0 Å². The normalized spacial score (nSPS) is 11.0.